The van der Waals surface area contributed by atoms with Crippen molar-refractivity contribution in [1.29, 1.82) is 0 Å². The van der Waals surface area contributed by atoms with E-state index in [1.807, 2.05) is 26.8 Å². The van der Waals surface area contributed by atoms with Crippen molar-refractivity contribution in [3.63, 3.8) is 0 Å². The Labute approximate surface area is 130 Å². The highest BCUT2D eigenvalue weighted by Gasteiger charge is 2.28. The maximum Gasteiger partial charge on any atom is 0.273 e. The van der Waals surface area contributed by atoms with Gasteiger partial charge >= 0.3 is 0 Å². The van der Waals surface area contributed by atoms with E-state index in [1.165, 1.54) is 5.57 Å². The number of allylic oxidation sites excluding steroid dienone is 1. The average Bonchev–Trinajstić information content (AvgIpc) is 2.98. The fourth-order valence-electron chi connectivity index (χ4n) is 2.22. The van der Waals surface area contributed by atoms with Gasteiger partial charge in [0.05, 0.1) is 25.4 Å². The summed E-state index contributed by atoms with van der Waals surface area (Å²) < 4.78 is 16.4. The van der Waals surface area contributed by atoms with Gasteiger partial charge in [0.15, 0.2) is 5.69 Å². The molecule has 0 unspecified atom stereocenters. The summed E-state index contributed by atoms with van der Waals surface area (Å²) >= 11 is 0. The molecule has 2 rings (SSSR count). The summed E-state index contributed by atoms with van der Waals surface area (Å²) in [5.74, 6) is 0.441. The van der Waals surface area contributed by atoms with Crippen LogP contribution in [0.25, 0.3) is 0 Å². The lowest BCUT2D eigenvalue weighted by Gasteiger charge is -2.31. The molecule has 0 spiro atoms. The van der Waals surface area contributed by atoms with Crippen molar-refractivity contribution in [3.05, 3.63) is 29.2 Å². The minimum Gasteiger partial charge on any atom is -0.379 e. The van der Waals surface area contributed by atoms with Crippen LogP contribution in [0.15, 0.2) is 22.2 Å². The molecule has 0 aliphatic carbocycles. The Morgan fingerprint density at radius 2 is 2.36 bits per heavy atom. The van der Waals surface area contributed by atoms with Gasteiger partial charge in [0.2, 0.25) is 0 Å². The van der Waals surface area contributed by atoms with E-state index in [9.17, 15) is 4.79 Å². The Hall–Kier alpha value is -1.66. The largest absolute Gasteiger partial charge is 0.379 e. The third-order valence-electron chi connectivity index (χ3n) is 3.55. The lowest BCUT2D eigenvalue weighted by atomic mass is 10.1. The first-order chi connectivity index (χ1) is 10.6. The van der Waals surface area contributed by atoms with Crippen LogP contribution >= 0.6 is 0 Å². The first-order valence-electron chi connectivity index (χ1n) is 7.69. The molecule has 2 heterocycles. The summed E-state index contributed by atoms with van der Waals surface area (Å²) in [7, 11) is 0. The molecule has 1 saturated heterocycles. The molecule has 0 saturated carbocycles. The summed E-state index contributed by atoms with van der Waals surface area (Å²) in [6.07, 6.45) is 3.45. The van der Waals surface area contributed by atoms with Gasteiger partial charge in [0, 0.05) is 19.1 Å². The first kappa shape index (κ1) is 16.7. The van der Waals surface area contributed by atoms with Gasteiger partial charge in [0.25, 0.3) is 5.91 Å². The Morgan fingerprint density at radius 3 is 3.05 bits per heavy atom. The van der Waals surface area contributed by atoms with E-state index in [4.69, 9.17) is 14.0 Å². The molecule has 1 aliphatic rings. The van der Waals surface area contributed by atoms with Gasteiger partial charge < -0.3 is 19.3 Å². The predicted octanol–water partition coefficient (Wildman–Crippen LogP) is 2.11. The molecule has 0 aromatic carbocycles. The van der Waals surface area contributed by atoms with Crippen LogP contribution in [0.1, 0.15) is 43.4 Å². The molecule has 2 atom stereocenters. The number of rotatable bonds is 6. The normalized spacial score (nSPS) is 21.4. The van der Waals surface area contributed by atoms with Crippen molar-refractivity contribution in [2.24, 2.45) is 0 Å². The average molecular weight is 308 g/mol. The van der Waals surface area contributed by atoms with Crippen molar-refractivity contribution in [2.75, 3.05) is 19.8 Å². The first-order valence-corrected chi connectivity index (χ1v) is 7.69. The van der Waals surface area contributed by atoms with Crippen LogP contribution in [0, 0.1) is 0 Å². The van der Waals surface area contributed by atoms with E-state index in [2.05, 4.69) is 10.5 Å². The van der Waals surface area contributed by atoms with Crippen LogP contribution in [0.4, 0.5) is 0 Å². The molecule has 6 nitrogen and oxygen atoms in total. The third kappa shape index (κ3) is 4.68. The van der Waals surface area contributed by atoms with Crippen LogP contribution < -0.4 is 5.32 Å². The quantitative estimate of drug-likeness (QED) is 0.815. The van der Waals surface area contributed by atoms with E-state index in [0.717, 1.165) is 6.42 Å². The summed E-state index contributed by atoms with van der Waals surface area (Å²) in [6.45, 7) is 7.65. The molecule has 1 aromatic rings. The molecule has 1 amide bonds. The molecule has 1 aromatic heterocycles. The van der Waals surface area contributed by atoms with Gasteiger partial charge in [-0.15, -0.1) is 0 Å². The SMILES string of the molecule is CCc1cc(C(=O)N[C@H]2COCC[C@H]2OCC=C(C)C)no1. The van der Waals surface area contributed by atoms with Crippen molar-refractivity contribution in [1.82, 2.24) is 10.5 Å². The highest BCUT2D eigenvalue weighted by atomic mass is 16.5. The number of nitrogens with one attached hydrogen (secondary N) is 1. The smallest absolute Gasteiger partial charge is 0.273 e. The number of carbonyl (C=O) groups excluding carboxylic acids is 1. The Bertz CT molecular complexity index is 520. The number of aromatic nitrogens is 1. The molecular formula is C16H24N2O4. The zero-order valence-electron chi connectivity index (χ0n) is 13.4. The number of hydrogen-bond donors (Lipinski definition) is 1. The number of aryl methyl sites for hydroxylation is 1. The zero-order chi connectivity index (χ0) is 15.9. The van der Waals surface area contributed by atoms with Gasteiger partial charge in [-0.2, -0.15) is 0 Å². The van der Waals surface area contributed by atoms with E-state index in [1.54, 1.807) is 6.07 Å². The van der Waals surface area contributed by atoms with Gasteiger partial charge in [-0.25, -0.2) is 0 Å². The van der Waals surface area contributed by atoms with Crippen molar-refractivity contribution in [2.45, 2.75) is 45.8 Å². The van der Waals surface area contributed by atoms with E-state index < -0.39 is 0 Å². The third-order valence-corrected chi connectivity index (χ3v) is 3.55. The van der Waals surface area contributed by atoms with Gasteiger partial charge in [0.1, 0.15) is 5.76 Å². The fourth-order valence-corrected chi connectivity index (χ4v) is 2.22. The fraction of sp³-hybridized carbons (Fsp3) is 0.625. The Balaban J connectivity index is 1.92. The molecule has 122 valence electrons. The van der Waals surface area contributed by atoms with Crippen LogP contribution in [0.5, 0.6) is 0 Å². The Kier molecular flexibility index (Phi) is 6.15. The topological polar surface area (TPSA) is 73.6 Å². The van der Waals surface area contributed by atoms with E-state index in [0.29, 0.717) is 37.7 Å². The van der Waals surface area contributed by atoms with Gasteiger partial charge in [-0.1, -0.05) is 23.7 Å². The number of ether oxygens (including phenoxy) is 2. The lowest BCUT2D eigenvalue weighted by molar-refractivity contribution is -0.0458. The minimum absolute atomic E-state index is 0.0501. The molecule has 0 radical (unpaired) electrons. The standard InChI is InChI=1S/C16H24N2O4/c1-4-12-9-13(18-22-12)16(19)17-14-10-20-7-6-15(14)21-8-5-11(2)3/h5,9,14-15H,4,6-8,10H2,1-3H3,(H,17,19)/t14-,15+/m0/s1. The summed E-state index contributed by atoms with van der Waals surface area (Å²) in [6, 6.07) is 1.49. The monoisotopic (exact) mass is 308 g/mol. The van der Waals surface area contributed by atoms with Crippen LogP contribution in [-0.4, -0.2) is 43.0 Å². The highest BCUT2D eigenvalue weighted by molar-refractivity contribution is 5.92. The molecule has 1 aliphatic heterocycles. The van der Waals surface area contributed by atoms with Crippen LogP contribution in [0.2, 0.25) is 0 Å². The number of hydrogen-bond acceptors (Lipinski definition) is 5. The second-order valence-electron chi connectivity index (χ2n) is 5.63. The van der Waals surface area contributed by atoms with E-state index >= 15 is 0 Å². The summed E-state index contributed by atoms with van der Waals surface area (Å²) in [4.78, 5) is 12.2. The van der Waals surface area contributed by atoms with Gasteiger partial charge in [-0.05, 0) is 20.3 Å². The number of nitrogens with zero attached hydrogens (tertiary/aromatic N) is 1. The molecule has 6 heteroatoms. The Morgan fingerprint density at radius 1 is 1.55 bits per heavy atom. The predicted molar refractivity (Wildman–Crippen MR) is 81.7 cm³/mol. The lowest BCUT2D eigenvalue weighted by Crippen LogP contribution is -2.50. The molecule has 22 heavy (non-hydrogen) atoms. The second-order valence-corrected chi connectivity index (χ2v) is 5.63. The van der Waals surface area contributed by atoms with Crippen LogP contribution in [0.3, 0.4) is 0 Å². The highest BCUT2D eigenvalue weighted by Crippen LogP contribution is 2.13. The molecule has 1 fully saturated rings. The van der Waals surface area contributed by atoms with Crippen molar-refractivity contribution < 1.29 is 18.8 Å². The maximum absolute atomic E-state index is 12.2. The molecule has 0 bridgehead atoms. The molecule has 1 N–H and O–H groups in total. The maximum atomic E-state index is 12.2. The zero-order valence-corrected chi connectivity index (χ0v) is 13.4. The van der Waals surface area contributed by atoms with E-state index in [-0.39, 0.29) is 18.1 Å². The van der Waals surface area contributed by atoms with Crippen LogP contribution in [-0.2, 0) is 15.9 Å². The second kappa shape index (κ2) is 8.10. The number of carbonyl (C=O) groups is 1. The summed E-state index contributed by atoms with van der Waals surface area (Å²) in [5.41, 5.74) is 1.51. The van der Waals surface area contributed by atoms with Crippen molar-refractivity contribution >= 4 is 5.91 Å². The van der Waals surface area contributed by atoms with Gasteiger partial charge in [-0.3, -0.25) is 4.79 Å². The summed E-state index contributed by atoms with van der Waals surface area (Å²) in [5, 5.41) is 6.71. The number of amides is 1. The van der Waals surface area contributed by atoms with Crippen molar-refractivity contribution in [3.8, 4) is 0 Å². The molecular weight excluding hydrogens is 284 g/mol. The minimum atomic E-state index is -0.255.